The summed E-state index contributed by atoms with van der Waals surface area (Å²) in [6, 6.07) is 10.4. The minimum absolute atomic E-state index is 0.170. The average molecular weight is 462 g/mol. The second kappa shape index (κ2) is 9.04. The lowest BCUT2D eigenvalue weighted by Crippen LogP contribution is -2.49. The van der Waals surface area contributed by atoms with E-state index in [4.69, 9.17) is 5.10 Å². The predicted molar refractivity (Wildman–Crippen MR) is 128 cm³/mol. The summed E-state index contributed by atoms with van der Waals surface area (Å²) in [6.45, 7) is 5.09. The van der Waals surface area contributed by atoms with Gasteiger partial charge in [-0.05, 0) is 66.1 Å². The maximum Gasteiger partial charge on any atom is 0.366 e. The van der Waals surface area contributed by atoms with Crippen LogP contribution in [0.15, 0.2) is 41.3 Å². The molecule has 1 amide bonds. The molecule has 0 radical (unpaired) electrons. The Balaban J connectivity index is 1.50. The summed E-state index contributed by atoms with van der Waals surface area (Å²) < 4.78 is 2.96. The molecule has 1 aliphatic heterocycles. The minimum atomic E-state index is -0.647. The molecule has 9 nitrogen and oxygen atoms in total. The molecule has 2 aromatic heterocycles. The Kier molecular flexibility index (Phi) is 5.93. The third-order valence-electron chi connectivity index (χ3n) is 6.86. The van der Waals surface area contributed by atoms with Crippen LogP contribution >= 0.6 is 0 Å². The molecule has 3 aromatic rings. The monoisotopic (exact) mass is 461 g/mol. The molecule has 178 valence electrons. The number of tetrazole rings is 1. The van der Waals surface area contributed by atoms with Gasteiger partial charge in [-0.25, -0.2) is 9.89 Å². The molecular weight excluding hydrogens is 430 g/mol. The molecule has 1 aromatic carbocycles. The van der Waals surface area contributed by atoms with Gasteiger partial charge in [0.15, 0.2) is 0 Å². The molecule has 0 saturated heterocycles. The fourth-order valence-electron chi connectivity index (χ4n) is 4.69. The summed E-state index contributed by atoms with van der Waals surface area (Å²) in [7, 11) is 0. The number of aryl methyl sites for hydroxylation is 1. The van der Waals surface area contributed by atoms with E-state index in [0.29, 0.717) is 23.6 Å². The Hall–Kier alpha value is -3.49. The zero-order valence-electron chi connectivity index (χ0n) is 19.8. The van der Waals surface area contributed by atoms with Crippen LogP contribution in [0.3, 0.4) is 0 Å². The van der Waals surface area contributed by atoms with E-state index >= 15 is 0 Å². The van der Waals surface area contributed by atoms with E-state index in [0.717, 1.165) is 23.2 Å². The molecule has 1 saturated carbocycles. The second-order valence-electron chi connectivity index (χ2n) is 9.73. The van der Waals surface area contributed by atoms with Crippen LogP contribution in [0.1, 0.15) is 69.2 Å². The number of carbonyl (C=O) groups excluding carboxylic acids is 1. The van der Waals surface area contributed by atoms with Crippen molar-refractivity contribution < 1.29 is 4.79 Å². The molecule has 1 aliphatic carbocycles. The number of nitrogens with one attached hydrogen (secondary N) is 2. The highest BCUT2D eigenvalue weighted by molar-refractivity contribution is 6.22. The molecule has 2 aliphatic rings. The van der Waals surface area contributed by atoms with Crippen molar-refractivity contribution in [1.29, 1.82) is 0 Å². The Morgan fingerprint density at radius 2 is 1.91 bits per heavy atom. The molecule has 0 bridgehead atoms. The molecule has 1 atom stereocenters. The normalized spacial score (nSPS) is 20.6. The Morgan fingerprint density at radius 1 is 1.12 bits per heavy atom. The number of aromatic amines is 1. The van der Waals surface area contributed by atoms with Gasteiger partial charge in [0.2, 0.25) is 0 Å². The molecule has 0 spiro atoms. The van der Waals surface area contributed by atoms with E-state index in [1.807, 2.05) is 23.9 Å². The quantitative estimate of drug-likeness (QED) is 0.476. The first-order chi connectivity index (χ1) is 16.5. The minimum Gasteiger partial charge on any atom is -0.341 e. The summed E-state index contributed by atoms with van der Waals surface area (Å²) in [5.41, 5.74) is 2.65. The van der Waals surface area contributed by atoms with Gasteiger partial charge in [0.05, 0.1) is 11.2 Å². The van der Waals surface area contributed by atoms with Crippen molar-refractivity contribution in [3.05, 3.63) is 63.8 Å². The van der Waals surface area contributed by atoms with Gasteiger partial charge < -0.3 is 5.32 Å². The van der Waals surface area contributed by atoms with E-state index in [9.17, 15) is 9.59 Å². The lowest BCUT2D eigenvalue weighted by Gasteiger charge is -2.37. The maximum absolute atomic E-state index is 13.4. The highest BCUT2D eigenvalue weighted by atomic mass is 16.2. The highest BCUT2D eigenvalue weighted by Gasteiger charge is 2.40. The van der Waals surface area contributed by atoms with E-state index in [-0.39, 0.29) is 11.6 Å². The smallest absolute Gasteiger partial charge is 0.341 e. The lowest BCUT2D eigenvalue weighted by molar-refractivity contribution is -0.118. The average Bonchev–Trinajstić information content (AvgIpc) is 3.34. The van der Waals surface area contributed by atoms with Crippen LogP contribution in [0.4, 0.5) is 0 Å². The van der Waals surface area contributed by atoms with Crippen molar-refractivity contribution in [2.45, 2.75) is 70.9 Å². The fraction of sp³-hybridized carbons (Fsp3) is 0.480. The number of hydrogen-bond acceptors (Lipinski definition) is 5. The topological polar surface area (TPSA) is 110 Å². The molecule has 9 heteroatoms. The van der Waals surface area contributed by atoms with Crippen LogP contribution in [0.2, 0.25) is 0 Å². The number of benzene rings is 1. The van der Waals surface area contributed by atoms with Crippen molar-refractivity contribution >= 4 is 17.2 Å². The van der Waals surface area contributed by atoms with Gasteiger partial charge >= 0.3 is 5.69 Å². The number of hydrogen-bond donors (Lipinski definition) is 2. The first kappa shape index (κ1) is 22.3. The Bertz CT molecular complexity index is 1260. The van der Waals surface area contributed by atoms with Gasteiger partial charge in [0.25, 0.3) is 5.91 Å². The SMILES string of the molecule is CCCCCc1ccc([C@]2(C)CC(c3ccn(CC4CC4)n3)=C(n3nn[nH]c3=O)C(=O)N2)cc1. The molecule has 5 rings (SSSR count). The van der Waals surface area contributed by atoms with Crippen LogP contribution in [-0.4, -0.2) is 35.9 Å². The van der Waals surface area contributed by atoms with Crippen molar-refractivity contribution in [2.24, 2.45) is 5.92 Å². The lowest BCUT2D eigenvalue weighted by atomic mass is 9.80. The highest BCUT2D eigenvalue weighted by Crippen LogP contribution is 2.39. The number of rotatable bonds is 9. The van der Waals surface area contributed by atoms with Gasteiger partial charge in [-0.15, -0.1) is 0 Å². The van der Waals surface area contributed by atoms with Crippen LogP contribution in [0.5, 0.6) is 0 Å². The van der Waals surface area contributed by atoms with Gasteiger partial charge in [0.1, 0.15) is 5.70 Å². The van der Waals surface area contributed by atoms with Crippen LogP contribution in [0.25, 0.3) is 11.3 Å². The fourth-order valence-corrected chi connectivity index (χ4v) is 4.69. The number of unbranched alkanes of at least 4 members (excludes halogenated alkanes) is 2. The summed E-state index contributed by atoms with van der Waals surface area (Å²) in [6.07, 6.45) is 9.53. The van der Waals surface area contributed by atoms with E-state index < -0.39 is 11.2 Å². The van der Waals surface area contributed by atoms with Crippen LogP contribution in [-0.2, 0) is 23.3 Å². The van der Waals surface area contributed by atoms with Crippen molar-refractivity contribution in [1.82, 2.24) is 35.3 Å². The van der Waals surface area contributed by atoms with Crippen LogP contribution < -0.4 is 11.0 Å². The first-order valence-corrected chi connectivity index (χ1v) is 12.2. The van der Waals surface area contributed by atoms with Gasteiger partial charge in [-0.3, -0.25) is 9.48 Å². The second-order valence-corrected chi connectivity index (χ2v) is 9.73. The van der Waals surface area contributed by atoms with Gasteiger partial charge in [-0.1, -0.05) is 44.0 Å². The maximum atomic E-state index is 13.4. The van der Waals surface area contributed by atoms with Crippen LogP contribution in [0, 0.1) is 5.92 Å². The van der Waals surface area contributed by atoms with Gasteiger partial charge in [-0.2, -0.15) is 9.78 Å². The van der Waals surface area contributed by atoms with Crippen molar-refractivity contribution in [2.75, 3.05) is 0 Å². The zero-order valence-corrected chi connectivity index (χ0v) is 19.8. The Labute approximate surface area is 198 Å². The molecule has 3 heterocycles. The van der Waals surface area contributed by atoms with Crippen molar-refractivity contribution in [3.8, 4) is 0 Å². The number of carbonyl (C=O) groups is 1. The van der Waals surface area contributed by atoms with E-state index in [1.165, 1.54) is 37.7 Å². The molecule has 34 heavy (non-hydrogen) atoms. The van der Waals surface area contributed by atoms with E-state index in [1.54, 1.807) is 0 Å². The Morgan fingerprint density at radius 3 is 2.59 bits per heavy atom. The first-order valence-electron chi connectivity index (χ1n) is 12.2. The zero-order chi connectivity index (χ0) is 23.7. The van der Waals surface area contributed by atoms with Gasteiger partial charge in [0, 0.05) is 24.7 Å². The summed E-state index contributed by atoms with van der Waals surface area (Å²) >= 11 is 0. The molecule has 0 unspecified atom stereocenters. The largest absolute Gasteiger partial charge is 0.366 e. The molecule has 1 fully saturated rings. The summed E-state index contributed by atoms with van der Waals surface area (Å²) in [4.78, 5) is 25.7. The summed E-state index contributed by atoms with van der Waals surface area (Å²) in [5.74, 6) is 0.304. The number of nitrogens with zero attached hydrogens (tertiary/aromatic N) is 5. The third-order valence-corrected chi connectivity index (χ3v) is 6.86. The third kappa shape index (κ3) is 4.47. The van der Waals surface area contributed by atoms with E-state index in [2.05, 4.69) is 52.0 Å². The predicted octanol–water partition coefficient (Wildman–Crippen LogP) is 3.11. The number of aromatic nitrogens is 6. The standard InChI is InChI=1S/C25H31N7O2/c1-3-4-5-6-17-9-11-19(12-10-17)25(2)15-20(21-13-14-31(28-21)16-18-7-8-18)22(23(33)26-25)32-24(34)27-29-30-32/h9-14,18H,3-8,15-16H2,1-2H3,(H,26,33)(H,27,30,34)/t25-/m0/s1. The van der Waals surface area contributed by atoms with Crippen molar-refractivity contribution in [3.63, 3.8) is 0 Å². The summed E-state index contributed by atoms with van der Waals surface area (Å²) in [5, 5.41) is 17.6. The molecule has 2 N–H and O–H groups in total. The molecular formula is C25H31N7O2. The number of amides is 1. The number of H-pyrrole nitrogens is 1.